The predicted octanol–water partition coefficient (Wildman–Crippen LogP) is 4.23. The van der Waals surface area contributed by atoms with Crippen LogP contribution in [-0.2, 0) is 4.79 Å². The number of thioether (sulfide) groups is 1. The molecule has 0 aliphatic carbocycles. The molecule has 2 heterocycles. The molecule has 124 valence electrons. The zero-order valence-electron chi connectivity index (χ0n) is 12.8. The van der Waals surface area contributed by atoms with E-state index < -0.39 is 5.92 Å². The predicted molar refractivity (Wildman–Crippen MR) is 97.7 cm³/mol. The van der Waals surface area contributed by atoms with Gasteiger partial charge < -0.3 is 9.47 Å². The molecule has 0 bridgehead atoms. The maximum Gasteiger partial charge on any atom is 0.186 e. The number of halogens is 1. The second-order valence-corrected chi connectivity index (χ2v) is 7.29. The summed E-state index contributed by atoms with van der Waals surface area (Å²) in [7, 11) is 3.06. The number of carbonyl (C=O) groups excluding carboxylic acids is 1. The first kappa shape index (κ1) is 17.0. The van der Waals surface area contributed by atoms with Gasteiger partial charge in [-0.15, -0.1) is 11.3 Å². The van der Waals surface area contributed by atoms with E-state index in [0.717, 1.165) is 11.8 Å². The summed E-state index contributed by atoms with van der Waals surface area (Å²) in [6.45, 7) is 0. The highest BCUT2D eigenvalue weighted by atomic mass is 35.5. The highest BCUT2D eigenvalue weighted by Gasteiger charge is 2.38. The van der Waals surface area contributed by atoms with E-state index in [9.17, 15) is 4.79 Å². The van der Waals surface area contributed by atoms with Crippen molar-refractivity contribution in [3.8, 4) is 11.5 Å². The fourth-order valence-corrected chi connectivity index (χ4v) is 4.32. The van der Waals surface area contributed by atoms with Crippen molar-refractivity contribution in [2.24, 2.45) is 0 Å². The minimum atomic E-state index is -0.611. The molecule has 2 aromatic rings. The van der Waals surface area contributed by atoms with E-state index in [4.69, 9.17) is 26.5 Å². The van der Waals surface area contributed by atoms with Gasteiger partial charge in [0.2, 0.25) is 0 Å². The lowest BCUT2D eigenvalue weighted by molar-refractivity contribution is -0.114. The van der Waals surface area contributed by atoms with Crippen LogP contribution in [0.1, 0.15) is 16.5 Å². The summed E-state index contributed by atoms with van der Waals surface area (Å²) < 4.78 is 10.5. The van der Waals surface area contributed by atoms with E-state index in [-0.39, 0.29) is 10.8 Å². The Hall–Kier alpha value is -1.83. The number of hydrogen-bond donors (Lipinski definition) is 1. The molecule has 1 aromatic carbocycles. The first-order valence-corrected chi connectivity index (χ1v) is 8.95. The van der Waals surface area contributed by atoms with Crippen molar-refractivity contribution >= 4 is 51.6 Å². The van der Waals surface area contributed by atoms with Crippen molar-refractivity contribution in [1.29, 1.82) is 5.41 Å². The third kappa shape index (κ3) is 3.07. The van der Waals surface area contributed by atoms with Crippen LogP contribution in [0.15, 0.2) is 28.6 Å². The summed E-state index contributed by atoms with van der Waals surface area (Å²) in [5.41, 5.74) is 0.637. The molecule has 1 unspecified atom stereocenters. The van der Waals surface area contributed by atoms with Crippen LogP contribution >= 0.6 is 34.7 Å². The maximum absolute atomic E-state index is 12.6. The van der Waals surface area contributed by atoms with Crippen molar-refractivity contribution < 1.29 is 14.3 Å². The molecule has 1 saturated heterocycles. The Bertz CT molecular complexity index is 834. The number of ketones is 1. The van der Waals surface area contributed by atoms with E-state index in [0.29, 0.717) is 32.0 Å². The Labute approximate surface area is 152 Å². The van der Waals surface area contributed by atoms with Crippen LogP contribution in [0, 0.1) is 5.41 Å². The van der Waals surface area contributed by atoms with E-state index in [2.05, 4.69) is 4.98 Å². The zero-order valence-corrected chi connectivity index (χ0v) is 15.2. The van der Waals surface area contributed by atoms with Gasteiger partial charge in [-0.3, -0.25) is 10.2 Å². The first-order valence-electron chi connectivity index (χ1n) is 6.88. The van der Waals surface area contributed by atoms with Gasteiger partial charge in [0.1, 0.15) is 10.9 Å². The second-order valence-electron chi connectivity index (χ2n) is 4.87. The molecule has 1 atom stereocenters. The molecule has 24 heavy (non-hydrogen) atoms. The summed E-state index contributed by atoms with van der Waals surface area (Å²) in [5, 5.41) is 11.3. The van der Waals surface area contributed by atoms with Gasteiger partial charge in [0.15, 0.2) is 17.3 Å². The number of thiazole rings is 1. The van der Waals surface area contributed by atoms with Gasteiger partial charge in [0.25, 0.3) is 0 Å². The quantitative estimate of drug-likeness (QED) is 0.803. The standard InChI is InChI=1S/C16H13ClN2O3S2/c1-21-10-5-8(9(17)7-11(10)22-2)6-12-14(20)13(15(18)24-12)16-19-3-4-23-16/h3-7,13,18H,1-2H3. The molecule has 0 spiro atoms. The highest BCUT2D eigenvalue weighted by molar-refractivity contribution is 8.19. The molecule has 0 radical (unpaired) electrons. The van der Waals surface area contributed by atoms with Crippen LogP contribution < -0.4 is 9.47 Å². The van der Waals surface area contributed by atoms with Crippen molar-refractivity contribution in [1.82, 2.24) is 4.98 Å². The summed E-state index contributed by atoms with van der Waals surface area (Å²) in [5.74, 6) is 0.296. The molecular formula is C16H13ClN2O3S2. The number of methoxy groups -OCH3 is 2. The first-order chi connectivity index (χ1) is 11.5. The Kier molecular flexibility index (Phi) is 4.93. The molecule has 1 fully saturated rings. The van der Waals surface area contributed by atoms with E-state index in [1.165, 1.54) is 25.6 Å². The Morgan fingerprint density at radius 3 is 2.62 bits per heavy atom. The number of nitrogens with one attached hydrogen (secondary N) is 1. The number of benzene rings is 1. The number of rotatable bonds is 4. The van der Waals surface area contributed by atoms with Crippen molar-refractivity contribution in [2.45, 2.75) is 5.92 Å². The lowest BCUT2D eigenvalue weighted by Gasteiger charge is -2.10. The minimum absolute atomic E-state index is 0.134. The molecule has 3 rings (SSSR count). The Balaban J connectivity index is 1.98. The zero-order chi connectivity index (χ0) is 17.3. The molecule has 0 saturated carbocycles. The van der Waals surface area contributed by atoms with Gasteiger partial charge in [-0.1, -0.05) is 23.4 Å². The number of ether oxygens (including phenoxy) is 2. The van der Waals surface area contributed by atoms with Crippen LogP contribution in [-0.4, -0.2) is 30.0 Å². The Morgan fingerprint density at radius 2 is 2.00 bits per heavy atom. The summed E-state index contributed by atoms with van der Waals surface area (Å²) >= 11 is 8.78. The normalized spacial score (nSPS) is 19.1. The van der Waals surface area contributed by atoms with Crippen molar-refractivity contribution in [2.75, 3.05) is 14.2 Å². The van der Waals surface area contributed by atoms with Crippen molar-refractivity contribution in [3.63, 3.8) is 0 Å². The maximum atomic E-state index is 12.6. The van der Waals surface area contributed by atoms with Crippen LogP contribution in [0.4, 0.5) is 0 Å². The number of nitrogens with zero attached hydrogens (tertiary/aromatic N) is 1. The number of allylic oxidation sites excluding steroid dienone is 1. The molecule has 1 aliphatic rings. The number of Topliss-reactive ketones (excluding diaryl/α,β-unsaturated/α-hetero) is 1. The Morgan fingerprint density at radius 1 is 1.29 bits per heavy atom. The van der Waals surface area contributed by atoms with E-state index in [1.807, 2.05) is 0 Å². The average molecular weight is 381 g/mol. The third-order valence-corrected chi connectivity index (χ3v) is 5.64. The fourth-order valence-electron chi connectivity index (χ4n) is 2.31. The molecule has 1 N–H and O–H groups in total. The lowest BCUT2D eigenvalue weighted by Crippen LogP contribution is -2.11. The minimum Gasteiger partial charge on any atom is -0.493 e. The van der Waals surface area contributed by atoms with E-state index >= 15 is 0 Å². The highest BCUT2D eigenvalue weighted by Crippen LogP contribution is 2.42. The van der Waals surface area contributed by atoms with Crippen LogP contribution in [0.5, 0.6) is 11.5 Å². The molecule has 0 amide bonds. The van der Waals surface area contributed by atoms with Gasteiger partial charge in [0.05, 0.1) is 29.2 Å². The average Bonchev–Trinajstić information content (AvgIpc) is 3.17. The second kappa shape index (κ2) is 6.96. The van der Waals surface area contributed by atoms with Gasteiger partial charge in [-0.2, -0.15) is 0 Å². The lowest BCUT2D eigenvalue weighted by atomic mass is 10.0. The van der Waals surface area contributed by atoms with E-state index in [1.54, 1.807) is 29.8 Å². The van der Waals surface area contributed by atoms with Gasteiger partial charge in [-0.25, -0.2) is 4.98 Å². The van der Waals surface area contributed by atoms with Crippen LogP contribution in [0.25, 0.3) is 6.08 Å². The van der Waals surface area contributed by atoms with Gasteiger partial charge in [-0.05, 0) is 17.7 Å². The summed E-state index contributed by atoms with van der Waals surface area (Å²) in [6.07, 6.45) is 3.32. The summed E-state index contributed by atoms with van der Waals surface area (Å²) in [6, 6.07) is 3.35. The molecule has 1 aliphatic heterocycles. The van der Waals surface area contributed by atoms with Crippen LogP contribution in [0.3, 0.4) is 0 Å². The largest absolute Gasteiger partial charge is 0.493 e. The topological polar surface area (TPSA) is 72.3 Å². The van der Waals surface area contributed by atoms with Gasteiger partial charge in [0, 0.05) is 17.6 Å². The van der Waals surface area contributed by atoms with Gasteiger partial charge >= 0.3 is 0 Å². The summed E-state index contributed by atoms with van der Waals surface area (Å²) in [4.78, 5) is 17.3. The van der Waals surface area contributed by atoms with Crippen molar-refractivity contribution in [3.05, 3.63) is 44.2 Å². The number of carbonyl (C=O) groups is 1. The third-order valence-electron chi connectivity index (χ3n) is 3.47. The molecule has 5 nitrogen and oxygen atoms in total. The molecule has 1 aromatic heterocycles. The number of hydrogen-bond acceptors (Lipinski definition) is 7. The SMILES string of the molecule is COc1cc(Cl)c(C=C2SC(=N)C(c3nccs3)C2=O)cc1OC. The number of aromatic nitrogens is 1. The monoisotopic (exact) mass is 380 g/mol. The fraction of sp³-hybridized carbons (Fsp3) is 0.188. The molecular weight excluding hydrogens is 368 g/mol. The smallest absolute Gasteiger partial charge is 0.186 e. The van der Waals surface area contributed by atoms with Crippen LogP contribution in [0.2, 0.25) is 5.02 Å². The molecule has 8 heteroatoms.